The van der Waals surface area contributed by atoms with Crippen LogP contribution in [0.3, 0.4) is 0 Å². The molecular weight excluding hydrogens is 516 g/mol. The molecule has 0 aliphatic carbocycles. The van der Waals surface area contributed by atoms with Crippen molar-refractivity contribution in [1.82, 2.24) is 14.8 Å². The van der Waals surface area contributed by atoms with Gasteiger partial charge in [-0.2, -0.15) is 5.10 Å². The van der Waals surface area contributed by atoms with Crippen molar-refractivity contribution in [2.75, 3.05) is 26.6 Å². The molecule has 0 saturated heterocycles. The SMILES string of the molecule is CCc1ccc(NC(=O)c2cc(OC)cc(OC)c2)cc1-c1ccc2c(CC)nn(Cc3ccc(OC)cc3)c2n1. The molecule has 0 aliphatic heterocycles. The number of amides is 1. The summed E-state index contributed by atoms with van der Waals surface area (Å²) in [6, 6.07) is 23.2. The topological polar surface area (TPSA) is 87.5 Å². The summed E-state index contributed by atoms with van der Waals surface area (Å²) >= 11 is 0. The van der Waals surface area contributed by atoms with Gasteiger partial charge in [-0.1, -0.05) is 32.0 Å². The third-order valence-electron chi connectivity index (χ3n) is 7.14. The molecule has 0 aliphatic rings. The third-order valence-corrected chi connectivity index (χ3v) is 7.14. The highest BCUT2D eigenvalue weighted by molar-refractivity contribution is 6.05. The highest BCUT2D eigenvalue weighted by Crippen LogP contribution is 2.30. The fourth-order valence-electron chi connectivity index (χ4n) is 4.89. The van der Waals surface area contributed by atoms with Crippen LogP contribution >= 0.6 is 0 Å². The number of pyridine rings is 1. The molecule has 0 bridgehead atoms. The van der Waals surface area contributed by atoms with Crippen LogP contribution < -0.4 is 19.5 Å². The number of anilines is 1. The van der Waals surface area contributed by atoms with Crippen LogP contribution in [0.4, 0.5) is 5.69 Å². The van der Waals surface area contributed by atoms with Crippen LogP contribution in [-0.4, -0.2) is 42.0 Å². The molecule has 0 radical (unpaired) electrons. The van der Waals surface area contributed by atoms with Gasteiger partial charge in [0, 0.05) is 28.3 Å². The minimum Gasteiger partial charge on any atom is -0.497 e. The molecule has 0 spiro atoms. The maximum atomic E-state index is 13.2. The summed E-state index contributed by atoms with van der Waals surface area (Å²) in [5, 5.41) is 8.95. The van der Waals surface area contributed by atoms with Crippen LogP contribution in [0.25, 0.3) is 22.3 Å². The van der Waals surface area contributed by atoms with Gasteiger partial charge in [-0.3, -0.25) is 4.79 Å². The second-order valence-electron chi connectivity index (χ2n) is 9.65. The van der Waals surface area contributed by atoms with Gasteiger partial charge >= 0.3 is 0 Å². The highest BCUT2D eigenvalue weighted by Gasteiger charge is 2.16. The number of aromatic nitrogens is 3. The van der Waals surface area contributed by atoms with Gasteiger partial charge in [0.05, 0.1) is 39.3 Å². The van der Waals surface area contributed by atoms with Crippen LogP contribution in [0.5, 0.6) is 17.2 Å². The molecule has 1 amide bonds. The number of methoxy groups -OCH3 is 3. The van der Waals surface area contributed by atoms with Gasteiger partial charge in [-0.05, 0) is 72.5 Å². The minimum atomic E-state index is -0.258. The monoisotopic (exact) mass is 550 g/mol. The molecule has 210 valence electrons. The Bertz CT molecular complexity index is 1670. The molecule has 5 rings (SSSR count). The largest absolute Gasteiger partial charge is 0.497 e. The van der Waals surface area contributed by atoms with Crippen LogP contribution in [0.1, 0.15) is 41.0 Å². The van der Waals surface area contributed by atoms with Crippen molar-refractivity contribution in [2.45, 2.75) is 33.2 Å². The lowest BCUT2D eigenvalue weighted by molar-refractivity contribution is 0.102. The van der Waals surface area contributed by atoms with Gasteiger partial charge in [-0.25, -0.2) is 9.67 Å². The normalized spacial score (nSPS) is 11.0. The van der Waals surface area contributed by atoms with E-state index in [0.29, 0.717) is 29.3 Å². The highest BCUT2D eigenvalue weighted by atomic mass is 16.5. The average molecular weight is 551 g/mol. The molecule has 0 saturated carbocycles. The van der Waals surface area contributed by atoms with E-state index in [2.05, 4.69) is 25.2 Å². The lowest BCUT2D eigenvalue weighted by atomic mass is 10.0. The van der Waals surface area contributed by atoms with E-state index in [1.54, 1.807) is 39.5 Å². The number of carbonyl (C=O) groups is 1. The van der Waals surface area contributed by atoms with Gasteiger partial charge < -0.3 is 19.5 Å². The second kappa shape index (κ2) is 12.1. The van der Waals surface area contributed by atoms with Gasteiger partial charge in [-0.15, -0.1) is 0 Å². The smallest absolute Gasteiger partial charge is 0.255 e. The number of hydrogen-bond donors (Lipinski definition) is 1. The van der Waals surface area contributed by atoms with Crippen molar-refractivity contribution in [3.63, 3.8) is 0 Å². The summed E-state index contributed by atoms with van der Waals surface area (Å²) in [5.41, 5.74) is 6.99. The second-order valence-corrected chi connectivity index (χ2v) is 9.65. The molecule has 0 fully saturated rings. The molecule has 3 aromatic carbocycles. The van der Waals surface area contributed by atoms with Gasteiger partial charge in [0.25, 0.3) is 5.91 Å². The van der Waals surface area contributed by atoms with Gasteiger partial charge in [0.1, 0.15) is 17.2 Å². The Kier molecular flexibility index (Phi) is 8.19. The Labute approximate surface area is 239 Å². The van der Waals surface area contributed by atoms with Crippen molar-refractivity contribution in [3.8, 4) is 28.5 Å². The average Bonchev–Trinajstić information content (AvgIpc) is 3.37. The van der Waals surface area contributed by atoms with E-state index in [9.17, 15) is 4.79 Å². The molecular formula is C33H34N4O4. The van der Waals surface area contributed by atoms with Crippen molar-refractivity contribution in [3.05, 3.63) is 95.2 Å². The lowest BCUT2D eigenvalue weighted by Crippen LogP contribution is -2.12. The predicted molar refractivity (Wildman–Crippen MR) is 161 cm³/mol. The molecule has 2 aromatic heterocycles. The Hall–Kier alpha value is -4.85. The summed E-state index contributed by atoms with van der Waals surface area (Å²) in [6.45, 7) is 4.81. The molecule has 8 nitrogen and oxygen atoms in total. The van der Waals surface area contributed by atoms with E-state index in [1.807, 2.05) is 53.2 Å². The zero-order valence-corrected chi connectivity index (χ0v) is 24.0. The number of ether oxygens (including phenoxy) is 3. The first kappa shape index (κ1) is 27.7. The first-order valence-electron chi connectivity index (χ1n) is 13.6. The van der Waals surface area contributed by atoms with E-state index in [-0.39, 0.29) is 5.91 Å². The maximum absolute atomic E-state index is 13.2. The van der Waals surface area contributed by atoms with E-state index in [1.165, 1.54) is 0 Å². The van der Waals surface area contributed by atoms with Crippen molar-refractivity contribution < 1.29 is 19.0 Å². The third kappa shape index (κ3) is 5.87. The number of carbonyl (C=O) groups excluding carboxylic acids is 1. The molecule has 2 heterocycles. The zero-order chi connectivity index (χ0) is 28.9. The molecule has 0 atom stereocenters. The predicted octanol–water partition coefficient (Wildman–Crippen LogP) is 6.55. The number of nitrogens with one attached hydrogen (secondary N) is 1. The molecule has 8 heteroatoms. The van der Waals surface area contributed by atoms with Crippen LogP contribution in [0.2, 0.25) is 0 Å². The van der Waals surface area contributed by atoms with E-state index in [4.69, 9.17) is 24.3 Å². The van der Waals surface area contributed by atoms with Crippen LogP contribution in [0, 0.1) is 0 Å². The van der Waals surface area contributed by atoms with Gasteiger partial charge in [0.15, 0.2) is 5.65 Å². The van der Waals surface area contributed by atoms with Crippen LogP contribution in [0.15, 0.2) is 72.8 Å². The first-order chi connectivity index (χ1) is 20.0. The summed E-state index contributed by atoms with van der Waals surface area (Å²) in [4.78, 5) is 18.3. The van der Waals surface area contributed by atoms with Crippen molar-refractivity contribution in [2.24, 2.45) is 0 Å². The zero-order valence-electron chi connectivity index (χ0n) is 24.0. The summed E-state index contributed by atoms with van der Waals surface area (Å²) in [5.74, 6) is 1.66. The number of hydrogen-bond acceptors (Lipinski definition) is 6. The van der Waals surface area contributed by atoms with E-state index < -0.39 is 0 Å². The summed E-state index contributed by atoms with van der Waals surface area (Å²) < 4.78 is 17.9. The molecule has 41 heavy (non-hydrogen) atoms. The molecule has 0 unspecified atom stereocenters. The standard InChI is InChI=1S/C33H34N4O4/c1-6-22-10-11-24(34-33(38)23-16-26(40-4)19-27(17-23)41-5)18-29(22)31-15-14-28-30(7-2)36-37(32(28)35-31)20-21-8-12-25(39-3)13-9-21/h8-19H,6-7,20H2,1-5H3,(H,34,38). The Balaban J connectivity index is 1.50. The number of aryl methyl sites for hydroxylation is 2. The van der Waals surface area contributed by atoms with Crippen molar-refractivity contribution in [1.29, 1.82) is 0 Å². The van der Waals surface area contributed by atoms with Crippen LogP contribution in [-0.2, 0) is 19.4 Å². The first-order valence-corrected chi connectivity index (χ1v) is 13.6. The Morgan fingerprint density at radius 2 is 1.51 bits per heavy atom. The van der Waals surface area contributed by atoms with Gasteiger partial charge in [0.2, 0.25) is 0 Å². The number of fused-ring (bicyclic) bond motifs is 1. The number of rotatable bonds is 10. The van der Waals surface area contributed by atoms with E-state index >= 15 is 0 Å². The number of nitrogens with zero attached hydrogens (tertiary/aromatic N) is 3. The summed E-state index contributed by atoms with van der Waals surface area (Å²) in [7, 11) is 4.78. The maximum Gasteiger partial charge on any atom is 0.255 e. The molecule has 1 N–H and O–H groups in total. The van der Waals surface area contributed by atoms with E-state index in [0.717, 1.165) is 57.7 Å². The fourth-order valence-corrected chi connectivity index (χ4v) is 4.89. The van der Waals surface area contributed by atoms with Crippen molar-refractivity contribution >= 4 is 22.6 Å². The summed E-state index contributed by atoms with van der Waals surface area (Å²) in [6.07, 6.45) is 1.63. The minimum absolute atomic E-state index is 0.258. The fraction of sp³-hybridized carbons (Fsp3) is 0.242. The Morgan fingerprint density at radius 3 is 2.15 bits per heavy atom. The number of benzene rings is 3. The lowest BCUT2D eigenvalue weighted by Gasteiger charge is -2.13. The quantitative estimate of drug-likeness (QED) is 0.212. The molecule has 5 aromatic rings. The Morgan fingerprint density at radius 1 is 0.805 bits per heavy atom.